The molecule has 0 radical (unpaired) electrons. The molecule has 1 aliphatic rings. The molecule has 0 saturated heterocycles. The second-order valence-corrected chi connectivity index (χ2v) is 6.01. The van der Waals surface area contributed by atoms with Gasteiger partial charge in [0.25, 0.3) is 0 Å². The Morgan fingerprint density at radius 3 is 2.94 bits per heavy atom. The van der Waals surface area contributed by atoms with Gasteiger partial charge in [0.05, 0.1) is 17.6 Å². The zero-order chi connectivity index (χ0) is 12.6. The van der Waals surface area contributed by atoms with E-state index in [0.29, 0.717) is 11.5 Å². The first-order valence-corrected chi connectivity index (χ1v) is 6.82. The van der Waals surface area contributed by atoms with E-state index in [0.717, 1.165) is 23.4 Å². The molecule has 0 spiro atoms. The van der Waals surface area contributed by atoms with Crippen molar-refractivity contribution >= 4 is 11.0 Å². The summed E-state index contributed by atoms with van der Waals surface area (Å²) in [6.07, 6.45) is 3.95. The van der Waals surface area contributed by atoms with Gasteiger partial charge in [-0.1, -0.05) is 32.4 Å². The average molecular weight is 243 g/mol. The molecular weight excluding hydrogens is 222 g/mol. The fraction of sp³-hybridized carbons (Fsp3) is 0.533. The van der Waals surface area contributed by atoms with Crippen molar-refractivity contribution in [1.29, 1.82) is 0 Å². The first kappa shape index (κ1) is 11.7. The number of para-hydroxylation sites is 2. The number of nitrogens with one attached hydrogen (secondary N) is 2. The number of benzene rings is 1. The van der Waals surface area contributed by atoms with Crippen LogP contribution in [-0.4, -0.2) is 16.0 Å². The number of hydrogen-bond acceptors (Lipinski definition) is 2. The molecule has 2 N–H and O–H groups in total. The van der Waals surface area contributed by atoms with E-state index in [1.54, 1.807) is 0 Å². The van der Waals surface area contributed by atoms with Crippen LogP contribution in [0.3, 0.4) is 0 Å². The van der Waals surface area contributed by atoms with Crippen LogP contribution >= 0.6 is 0 Å². The van der Waals surface area contributed by atoms with Gasteiger partial charge < -0.3 is 10.3 Å². The third-order valence-electron chi connectivity index (χ3n) is 4.21. The van der Waals surface area contributed by atoms with Crippen LogP contribution in [0.1, 0.15) is 38.9 Å². The summed E-state index contributed by atoms with van der Waals surface area (Å²) >= 11 is 0. The topological polar surface area (TPSA) is 40.7 Å². The third-order valence-corrected chi connectivity index (χ3v) is 4.21. The number of nitrogens with zero attached hydrogens (tertiary/aromatic N) is 1. The monoisotopic (exact) mass is 243 g/mol. The van der Waals surface area contributed by atoms with Crippen molar-refractivity contribution in [2.45, 2.75) is 45.7 Å². The quantitative estimate of drug-likeness (QED) is 0.869. The smallest absolute Gasteiger partial charge is 0.121 e. The van der Waals surface area contributed by atoms with Crippen LogP contribution in [0.4, 0.5) is 0 Å². The molecule has 3 nitrogen and oxygen atoms in total. The summed E-state index contributed by atoms with van der Waals surface area (Å²) in [7, 11) is 0. The lowest BCUT2D eigenvalue weighted by Crippen LogP contribution is -2.37. The lowest BCUT2D eigenvalue weighted by molar-refractivity contribution is 0.281. The lowest BCUT2D eigenvalue weighted by Gasteiger charge is -2.27. The van der Waals surface area contributed by atoms with Crippen LogP contribution in [0, 0.1) is 5.41 Å². The van der Waals surface area contributed by atoms with E-state index in [4.69, 9.17) is 0 Å². The Balaban J connectivity index is 1.69. The van der Waals surface area contributed by atoms with Crippen LogP contribution in [-0.2, 0) is 6.54 Å². The fourth-order valence-corrected chi connectivity index (χ4v) is 3.01. The fourth-order valence-electron chi connectivity index (χ4n) is 3.01. The Kier molecular flexibility index (Phi) is 2.86. The molecule has 96 valence electrons. The molecule has 3 heteroatoms. The Morgan fingerprint density at radius 2 is 2.22 bits per heavy atom. The normalized spacial score (nSPS) is 22.7. The van der Waals surface area contributed by atoms with Gasteiger partial charge in [-0.3, -0.25) is 0 Å². The van der Waals surface area contributed by atoms with E-state index >= 15 is 0 Å². The molecule has 0 bridgehead atoms. The summed E-state index contributed by atoms with van der Waals surface area (Å²) in [5, 5.41) is 3.66. The first-order valence-electron chi connectivity index (χ1n) is 6.82. The molecule has 2 aromatic rings. The summed E-state index contributed by atoms with van der Waals surface area (Å²) in [5.41, 5.74) is 2.60. The number of hydrogen-bond donors (Lipinski definition) is 2. The molecule has 1 atom stereocenters. The van der Waals surface area contributed by atoms with Gasteiger partial charge in [0.1, 0.15) is 5.82 Å². The highest BCUT2D eigenvalue weighted by Gasteiger charge is 2.33. The van der Waals surface area contributed by atoms with E-state index in [1.807, 2.05) is 12.1 Å². The van der Waals surface area contributed by atoms with Crippen LogP contribution in [0.25, 0.3) is 11.0 Å². The molecule has 1 aromatic heterocycles. The van der Waals surface area contributed by atoms with Crippen molar-refractivity contribution < 1.29 is 0 Å². The minimum atomic E-state index is 0.423. The summed E-state index contributed by atoms with van der Waals surface area (Å²) < 4.78 is 0. The second-order valence-electron chi connectivity index (χ2n) is 6.01. The first-order chi connectivity index (χ1) is 8.65. The third kappa shape index (κ3) is 2.15. The van der Waals surface area contributed by atoms with E-state index in [-0.39, 0.29) is 0 Å². The summed E-state index contributed by atoms with van der Waals surface area (Å²) in [6.45, 7) is 5.55. The second kappa shape index (κ2) is 4.39. The molecule has 18 heavy (non-hydrogen) atoms. The van der Waals surface area contributed by atoms with Gasteiger partial charge in [-0.15, -0.1) is 0 Å². The van der Waals surface area contributed by atoms with Crippen molar-refractivity contribution in [2.24, 2.45) is 5.41 Å². The number of fused-ring (bicyclic) bond motifs is 1. The van der Waals surface area contributed by atoms with Gasteiger partial charge in [0.2, 0.25) is 0 Å². The molecule has 1 heterocycles. The highest BCUT2D eigenvalue weighted by Crippen LogP contribution is 2.37. The van der Waals surface area contributed by atoms with E-state index in [1.165, 1.54) is 19.3 Å². The Labute approximate surface area is 108 Å². The number of imidazole rings is 1. The lowest BCUT2D eigenvalue weighted by atomic mass is 9.87. The summed E-state index contributed by atoms with van der Waals surface area (Å²) in [6, 6.07) is 8.81. The van der Waals surface area contributed by atoms with Crippen LogP contribution in [0.15, 0.2) is 24.3 Å². The predicted octanol–water partition coefficient (Wildman–Crippen LogP) is 3.23. The van der Waals surface area contributed by atoms with Gasteiger partial charge in [-0.05, 0) is 30.4 Å². The van der Waals surface area contributed by atoms with Crippen molar-refractivity contribution in [2.75, 3.05) is 0 Å². The van der Waals surface area contributed by atoms with E-state index in [9.17, 15) is 0 Å². The van der Waals surface area contributed by atoms with Crippen LogP contribution in [0.2, 0.25) is 0 Å². The van der Waals surface area contributed by atoms with Gasteiger partial charge >= 0.3 is 0 Å². The largest absolute Gasteiger partial charge is 0.341 e. The molecule has 1 saturated carbocycles. The van der Waals surface area contributed by atoms with Crippen molar-refractivity contribution in [1.82, 2.24) is 15.3 Å². The molecule has 0 amide bonds. The minimum absolute atomic E-state index is 0.423. The summed E-state index contributed by atoms with van der Waals surface area (Å²) in [4.78, 5) is 7.98. The average Bonchev–Trinajstić information content (AvgIpc) is 2.89. The summed E-state index contributed by atoms with van der Waals surface area (Å²) in [5.74, 6) is 1.04. The Bertz CT molecular complexity index is 508. The number of aromatic nitrogens is 2. The SMILES string of the molecule is CC1(C)CCCC1NCc1nc2ccccc2[nH]1. The Morgan fingerprint density at radius 1 is 1.39 bits per heavy atom. The van der Waals surface area contributed by atoms with Gasteiger partial charge in [0.15, 0.2) is 0 Å². The highest BCUT2D eigenvalue weighted by atomic mass is 15.0. The maximum atomic E-state index is 4.60. The Hall–Kier alpha value is -1.35. The van der Waals surface area contributed by atoms with E-state index < -0.39 is 0 Å². The van der Waals surface area contributed by atoms with Gasteiger partial charge in [0, 0.05) is 6.04 Å². The van der Waals surface area contributed by atoms with Crippen molar-refractivity contribution in [3.8, 4) is 0 Å². The number of H-pyrrole nitrogens is 1. The van der Waals surface area contributed by atoms with E-state index in [2.05, 4.69) is 41.3 Å². The predicted molar refractivity (Wildman–Crippen MR) is 74.4 cm³/mol. The number of rotatable bonds is 3. The minimum Gasteiger partial charge on any atom is -0.341 e. The molecule has 1 fully saturated rings. The molecular formula is C15H21N3. The van der Waals surface area contributed by atoms with Crippen molar-refractivity contribution in [3.63, 3.8) is 0 Å². The maximum absolute atomic E-state index is 4.60. The van der Waals surface area contributed by atoms with Gasteiger partial charge in [-0.2, -0.15) is 0 Å². The molecule has 1 aromatic carbocycles. The molecule has 1 unspecified atom stereocenters. The van der Waals surface area contributed by atoms with Gasteiger partial charge in [-0.25, -0.2) is 4.98 Å². The van der Waals surface area contributed by atoms with Crippen LogP contribution in [0.5, 0.6) is 0 Å². The number of aromatic amines is 1. The molecule has 0 aliphatic heterocycles. The zero-order valence-corrected chi connectivity index (χ0v) is 11.2. The van der Waals surface area contributed by atoms with Crippen LogP contribution < -0.4 is 5.32 Å². The standard InChI is InChI=1S/C15H21N3/c1-15(2)9-5-8-13(15)16-10-14-17-11-6-3-4-7-12(11)18-14/h3-4,6-7,13,16H,5,8-10H2,1-2H3,(H,17,18). The van der Waals surface area contributed by atoms with Crippen molar-refractivity contribution in [3.05, 3.63) is 30.1 Å². The maximum Gasteiger partial charge on any atom is 0.121 e. The highest BCUT2D eigenvalue weighted by molar-refractivity contribution is 5.74. The molecule has 3 rings (SSSR count). The molecule has 1 aliphatic carbocycles. The zero-order valence-electron chi connectivity index (χ0n) is 11.2.